The minimum atomic E-state index is -0.294. The number of pyridine rings is 1. The van der Waals surface area contributed by atoms with E-state index in [-0.39, 0.29) is 11.7 Å². The first-order valence-electron chi connectivity index (χ1n) is 8.39. The highest BCUT2D eigenvalue weighted by Gasteiger charge is 2.10. The number of amides is 1. The lowest BCUT2D eigenvalue weighted by Crippen LogP contribution is -2.23. The number of nitrogens with one attached hydrogen (secondary N) is 2. The van der Waals surface area contributed by atoms with Crippen LogP contribution in [-0.4, -0.2) is 15.9 Å². The van der Waals surface area contributed by atoms with Crippen LogP contribution in [0.5, 0.6) is 0 Å². The third-order valence-corrected chi connectivity index (χ3v) is 4.16. The largest absolute Gasteiger partial charge is 0.464 e. The maximum Gasteiger partial charge on any atom is 0.267 e. The highest BCUT2D eigenvalue weighted by atomic mass is 19.1. The van der Waals surface area contributed by atoms with Gasteiger partial charge in [0, 0.05) is 30.7 Å². The Morgan fingerprint density at radius 2 is 1.93 bits per heavy atom. The molecular weight excluding hydrogens is 345 g/mol. The molecule has 0 atom stereocenters. The van der Waals surface area contributed by atoms with Crippen LogP contribution in [0.4, 0.5) is 4.39 Å². The molecule has 4 rings (SSSR count). The molecule has 134 valence electrons. The topological polar surface area (TPSA) is 70.9 Å². The van der Waals surface area contributed by atoms with Gasteiger partial charge in [-0.25, -0.2) is 4.39 Å². The summed E-state index contributed by atoms with van der Waals surface area (Å²) in [6.45, 7) is 0.339. The standard InChI is InChI=1S/C21H16FN3O2/c22-18-5-3-15(4-6-18)16-9-19(24-13-16)21(26)25-11-14-8-17(12-23-10-14)20-2-1-7-27-20/h1-10,12-13,24H,11H2,(H,25,26). The third kappa shape index (κ3) is 3.79. The summed E-state index contributed by atoms with van der Waals surface area (Å²) in [7, 11) is 0. The van der Waals surface area contributed by atoms with Gasteiger partial charge in [-0.3, -0.25) is 9.78 Å². The number of hydrogen-bond acceptors (Lipinski definition) is 3. The summed E-state index contributed by atoms with van der Waals surface area (Å²) in [5, 5.41) is 2.86. The van der Waals surface area contributed by atoms with Crippen molar-refractivity contribution in [3.8, 4) is 22.5 Å². The van der Waals surface area contributed by atoms with Crippen molar-refractivity contribution >= 4 is 5.91 Å². The Morgan fingerprint density at radius 1 is 1.07 bits per heavy atom. The molecule has 0 aliphatic rings. The van der Waals surface area contributed by atoms with E-state index in [1.807, 2.05) is 18.2 Å². The first-order chi connectivity index (χ1) is 13.2. The van der Waals surface area contributed by atoms with E-state index in [9.17, 15) is 9.18 Å². The Morgan fingerprint density at radius 3 is 2.70 bits per heavy atom. The van der Waals surface area contributed by atoms with Crippen molar-refractivity contribution in [3.05, 3.63) is 90.5 Å². The Balaban J connectivity index is 1.43. The van der Waals surface area contributed by atoms with Crippen molar-refractivity contribution in [1.29, 1.82) is 0 Å². The van der Waals surface area contributed by atoms with Crippen LogP contribution in [-0.2, 0) is 6.54 Å². The lowest BCUT2D eigenvalue weighted by atomic mass is 10.1. The average Bonchev–Trinajstić information content (AvgIpc) is 3.39. The number of H-pyrrole nitrogens is 1. The maximum atomic E-state index is 13.0. The van der Waals surface area contributed by atoms with E-state index in [2.05, 4.69) is 15.3 Å². The molecular formula is C21H16FN3O2. The van der Waals surface area contributed by atoms with Gasteiger partial charge in [-0.05, 0) is 53.1 Å². The number of rotatable bonds is 5. The van der Waals surface area contributed by atoms with Crippen molar-refractivity contribution in [2.45, 2.75) is 6.54 Å². The number of carbonyl (C=O) groups excluding carboxylic acids is 1. The maximum absolute atomic E-state index is 13.0. The zero-order valence-corrected chi connectivity index (χ0v) is 14.3. The van der Waals surface area contributed by atoms with Gasteiger partial charge in [-0.1, -0.05) is 12.1 Å². The fourth-order valence-corrected chi connectivity index (χ4v) is 2.77. The first kappa shape index (κ1) is 16.8. The Labute approximate surface area is 154 Å². The lowest BCUT2D eigenvalue weighted by Gasteiger charge is -2.05. The number of benzene rings is 1. The minimum absolute atomic E-state index is 0.230. The van der Waals surface area contributed by atoms with E-state index < -0.39 is 0 Å². The average molecular weight is 361 g/mol. The van der Waals surface area contributed by atoms with Gasteiger partial charge in [0.2, 0.25) is 0 Å². The molecule has 0 bridgehead atoms. The molecule has 1 amide bonds. The number of furan rings is 1. The molecule has 0 aliphatic heterocycles. The monoisotopic (exact) mass is 361 g/mol. The summed E-state index contributed by atoms with van der Waals surface area (Å²) < 4.78 is 18.4. The molecule has 0 saturated heterocycles. The number of halogens is 1. The fourth-order valence-electron chi connectivity index (χ4n) is 2.77. The van der Waals surface area contributed by atoms with E-state index in [1.165, 1.54) is 12.1 Å². The van der Waals surface area contributed by atoms with Crippen LogP contribution in [0.1, 0.15) is 16.1 Å². The van der Waals surface area contributed by atoms with Gasteiger partial charge in [-0.15, -0.1) is 0 Å². The number of nitrogens with zero attached hydrogens (tertiary/aromatic N) is 1. The van der Waals surface area contributed by atoms with Gasteiger partial charge < -0.3 is 14.7 Å². The molecule has 2 N–H and O–H groups in total. The summed E-state index contributed by atoms with van der Waals surface area (Å²) in [6, 6.07) is 13.5. The molecule has 0 radical (unpaired) electrons. The second-order valence-electron chi connectivity index (χ2n) is 6.05. The van der Waals surface area contributed by atoms with Crippen LogP contribution in [0.3, 0.4) is 0 Å². The number of hydrogen-bond donors (Lipinski definition) is 2. The van der Waals surface area contributed by atoms with E-state index in [1.54, 1.807) is 43.1 Å². The second-order valence-corrected chi connectivity index (χ2v) is 6.05. The lowest BCUT2D eigenvalue weighted by molar-refractivity contribution is 0.0946. The second kappa shape index (κ2) is 7.29. The summed E-state index contributed by atoms with van der Waals surface area (Å²) in [6.07, 6.45) is 6.74. The van der Waals surface area contributed by atoms with Gasteiger partial charge in [0.15, 0.2) is 0 Å². The highest BCUT2D eigenvalue weighted by Crippen LogP contribution is 2.21. The SMILES string of the molecule is O=C(NCc1cncc(-c2ccco2)c1)c1cc(-c2ccc(F)cc2)c[nH]1. The molecule has 3 aromatic heterocycles. The number of carbonyl (C=O) groups is 1. The molecule has 4 aromatic rings. The van der Waals surface area contributed by atoms with E-state index >= 15 is 0 Å². The molecule has 0 unspecified atom stereocenters. The van der Waals surface area contributed by atoms with E-state index in [0.29, 0.717) is 12.2 Å². The predicted molar refractivity (Wildman–Crippen MR) is 99.3 cm³/mol. The fraction of sp³-hybridized carbons (Fsp3) is 0.0476. The smallest absolute Gasteiger partial charge is 0.267 e. The molecule has 5 nitrogen and oxygen atoms in total. The molecule has 3 heterocycles. The molecule has 6 heteroatoms. The minimum Gasteiger partial charge on any atom is -0.464 e. The van der Waals surface area contributed by atoms with Crippen molar-refractivity contribution in [2.24, 2.45) is 0 Å². The summed E-state index contributed by atoms with van der Waals surface area (Å²) >= 11 is 0. The van der Waals surface area contributed by atoms with Gasteiger partial charge in [0.05, 0.1) is 6.26 Å². The van der Waals surface area contributed by atoms with Crippen LogP contribution in [0, 0.1) is 5.82 Å². The number of aromatic amines is 1. The van der Waals surface area contributed by atoms with Gasteiger partial charge in [0.1, 0.15) is 17.3 Å². The molecule has 27 heavy (non-hydrogen) atoms. The van der Waals surface area contributed by atoms with E-state index in [0.717, 1.165) is 28.0 Å². The third-order valence-electron chi connectivity index (χ3n) is 4.16. The van der Waals surface area contributed by atoms with Gasteiger partial charge in [0.25, 0.3) is 5.91 Å². The molecule has 1 aromatic carbocycles. The Bertz CT molecular complexity index is 1050. The zero-order chi connectivity index (χ0) is 18.6. The van der Waals surface area contributed by atoms with E-state index in [4.69, 9.17) is 4.42 Å². The summed E-state index contributed by atoms with van der Waals surface area (Å²) in [5.41, 5.74) is 3.81. The highest BCUT2D eigenvalue weighted by molar-refractivity contribution is 5.93. The Hall–Kier alpha value is -3.67. The van der Waals surface area contributed by atoms with Crippen molar-refractivity contribution in [2.75, 3.05) is 0 Å². The van der Waals surface area contributed by atoms with Crippen molar-refractivity contribution < 1.29 is 13.6 Å². The van der Waals surface area contributed by atoms with Gasteiger partial charge >= 0.3 is 0 Å². The molecule has 0 fully saturated rings. The van der Waals surface area contributed by atoms with Crippen molar-refractivity contribution in [1.82, 2.24) is 15.3 Å². The molecule has 0 spiro atoms. The van der Waals surface area contributed by atoms with Crippen LogP contribution < -0.4 is 5.32 Å². The Kier molecular flexibility index (Phi) is 4.53. The molecule has 0 aliphatic carbocycles. The first-order valence-corrected chi connectivity index (χ1v) is 8.39. The van der Waals surface area contributed by atoms with Crippen LogP contribution in [0.25, 0.3) is 22.5 Å². The van der Waals surface area contributed by atoms with Crippen LogP contribution >= 0.6 is 0 Å². The number of aromatic nitrogens is 2. The van der Waals surface area contributed by atoms with Crippen LogP contribution in [0.15, 0.2) is 77.8 Å². The normalized spacial score (nSPS) is 10.7. The zero-order valence-electron chi connectivity index (χ0n) is 14.3. The predicted octanol–water partition coefficient (Wildman–Crippen LogP) is 4.41. The van der Waals surface area contributed by atoms with Gasteiger partial charge in [-0.2, -0.15) is 0 Å². The van der Waals surface area contributed by atoms with Crippen LogP contribution in [0.2, 0.25) is 0 Å². The quantitative estimate of drug-likeness (QED) is 0.553. The summed E-state index contributed by atoms with van der Waals surface area (Å²) in [4.78, 5) is 19.5. The molecule has 0 saturated carbocycles. The summed E-state index contributed by atoms with van der Waals surface area (Å²) in [5.74, 6) is 0.202. The van der Waals surface area contributed by atoms with Crippen molar-refractivity contribution in [3.63, 3.8) is 0 Å².